The molecule has 1 nitrogen and oxygen atoms in total. The van der Waals surface area contributed by atoms with Gasteiger partial charge in [0.25, 0.3) is 0 Å². The predicted octanol–water partition coefficient (Wildman–Crippen LogP) is 5.69. The van der Waals surface area contributed by atoms with Crippen LogP contribution in [-0.4, -0.2) is 5.11 Å². The number of aryl methyl sites for hydroxylation is 1. The van der Waals surface area contributed by atoms with Crippen LogP contribution in [0, 0.1) is 13.8 Å². The molecule has 0 saturated heterocycles. The molecule has 0 aliphatic carbocycles. The van der Waals surface area contributed by atoms with Crippen molar-refractivity contribution in [2.45, 2.75) is 78.6 Å². The van der Waals surface area contributed by atoms with Crippen molar-refractivity contribution in [2.24, 2.45) is 0 Å². The normalized spacial score (nSPS) is 10.9. The van der Waals surface area contributed by atoms with Gasteiger partial charge >= 0.3 is 0 Å². The van der Waals surface area contributed by atoms with Gasteiger partial charge in [-0.3, -0.25) is 0 Å². The van der Waals surface area contributed by atoms with E-state index < -0.39 is 0 Å². The molecule has 0 heterocycles. The topological polar surface area (TPSA) is 20.2 Å². The number of hydrogen-bond donors (Lipinski definition) is 1. The second-order valence-electron chi connectivity index (χ2n) is 5.72. The van der Waals surface area contributed by atoms with E-state index >= 15 is 0 Å². The predicted molar refractivity (Wildman–Crippen MR) is 83.9 cm³/mol. The molecule has 0 fully saturated rings. The summed E-state index contributed by atoms with van der Waals surface area (Å²) in [4.78, 5) is 0. The molecule has 1 heteroatoms. The minimum absolute atomic E-state index is 0.428. The van der Waals surface area contributed by atoms with Gasteiger partial charge in [-0.15, -0.1) is 0 Å². The van der Waals surface area contributed by atoms with E-state index in [2.05, 4.69) is 19.9 Å². The van der Waals surface area contributed by atoms with Gasteiger partial charge < -0.3 is 5.11 Å². The summed E-state index contributed by atoms with van der Waals surface area (Å²) >= 11 is 0. The van der Waals surface area contributed by atoms with E-state index in [9.17, 15) is 5.11 Å². The molecular formula is C18H30O. The molecule has 1 aromatic carbocycles. The van der Waals surface area contributed by atoms with Gasteiger partial charge in [-0.2, -0.15) is 0 Å². The monoisotopic (exact) mass is 262 g/mol. The zero-order chi connectivity index (χ0) is 14.1. The Kier molecular flexibility index (Phi) is 7.62. The number of hydrogen-bond acceptors (Lipinski definition) is 1. The van der Waals surface area contributed by atoms with Crippen molar-refractivity contribution in [3.63, 3.8) is 0 Å². The summed E-state index contributed by atoms with van der Waals surface area (Å²) in [6.45, 7) is 6.39. The van der Waals surface area contributed by atoms with Crippen molar-refractivity contribution in [1.82, 2.24) is 0 Å². The summed E-state index contributed by atoms with van der Waals surface area (Å²) in [5, 5.41) is 9.64. The van der Waals surface area contributed by atoms with Crippen LogP contribution in [0.2, 0.25) is 0 Å². The Hall–Kier alpha value is -0.980. The first-order valence-corrected chi connectivity index (χ1v) is 7.94. The van der Waals surface area contributed by atoms with Gasteiger partial charge in [-0.05, 0) is 49.4 Å². The lowest BCUT2D eigenvalue weighted by Crippen LogP contribution is -1.93. The Balaban J connectivity index is 2.18. The summed E-state index contributed by atoms with van der Waals surface area (Å²) < 4.78 is 0. The molecule has 0 amide bonds. The largest absolute Gasteiger partial charge is 0.508 e. The van der Waals surface area contributed by atoms with Crippen molar-refractivity contribution in [3.05, 3.63) is 28.8 Å². The Morgan fingerprint density at radius 1 is 0.789 bits per heavy atom. The van der Waals surface area contributed by atoms with Crippen LogP contribution in [0.25, 0.3) is 0 Å². The van der Waals surface area contributed by atoms with Crippen LogP contribution in [0.4, 0.5) is 0 Å². The highest BCUT2D eigenvalue weighted by Gasteiger charge is 2.04. The molecular weight excluding hydrogens is 232 g/mol. The van der Waals surface area contributed by atoms with Gasteiger partial charge in [0.05, 0.1) is 0 Å². The van der Waals surface area contributed by atoms with Crippen LogP contribution in [0.5, 0.6) is 5.75 Å². The van der Waals surface area contributed by atoms with Gasteiger partial charge in [0.2, 0.25) is 0 Å². The molecule has 0 atom stereocenters. The maximum absolute atomic E-state index is 9.64. The lowest BCUT2D eigenvalue weighted by atomic mass is 9.97. The van der Waals surface area contributed by atoms with E-state index in [0.717, 1.165) is 12.0 Å². The summed E-state index contributed by atoms with van der Waals surface area (Å²) in [5.74, 6) is 0.428. The summed E-state index contributed by atoms with van der Waals surface area (Å²) in [7, 11) is 0. The smallest absolute Gasteiger partial charge is 0.118 e. The Morgan fingerprint density at radius 2 is 1.37 bits per heavy atom. The number of benzene rings is 1. The first-order chi connectivity index (χ1) is 9.16. The van der Waals surface area contributed by atoms with Gasteiger partial charge in [0.1, 0.15) is 5.75 Å². The van der Waals surface area contributed by atoms with Gasteiger partial charge in [0, 0.05) is 0 Å². The van der Waals surface area contributed by atoms with Gasteiger partial charge in [-0.25, -0.2) is 0 Å². The van der Waals surface area contributed by atoms with E-state index in [4.69, 9.17) is 0 Å². The number of phenolic OH excluding ortho intramolecular Hbond substituents is 1. The standard InChI is InChI=1S/C18H30O/c1-4-5-6-7-8-9-10-11-12-17-13-14-18(19)16(3)15(17)2/h13-14,19H,4-12H2,1-3H3. The van der Waals surface area contributed by atoms with Crippen molar-refractivity contribution in [2.75, 3.05) is 0 Å². The average molecular weight is 262 g/mol. The first kappa shape index (κ1) is 16.1. The fourth-order valence-electron chi connectivity index (χ4n) is 2.58. The van der Waals surface area contributed by atoms with Crippen LogP contribution in [0.3, 0.4) is 0 Å². The zero-order valence-electron chi connectivity index (χ0n) is 13.0. The fourth-order valence-corrected chi connectivity index (χ4v) is 2.58. The van der Waals surface area contributed by atoms with E-state index in [1.165, 1.54) is 62.5 Å². The van der Waals surface area contributed by atoms with Gasteiger partial charge in [-0.1, -0.05) is 57.9 Å². The molecule has 0 aliphatic rings. The molecule has 0 bridgehead atoms. The van der Waals surface area contributed by atoms with E-state index in [1.807, 2.05) is 13.0 Å². The molecule has 19 heavy (non-hydrogen) atoms. The molecule has 108 valence electrons. The van der Waals surface area contributed by atoms with Crippen LogP contribution >= 0.6 is 0 Å². The molecule has 0 saturated carbocycles. The maximum atomic E-state index is 9.64. The molecule has 1 aromatic rings. The van der Waals surface area contributed by atoms with E-state index in [0.29, 0.717) is 5.75 Å². The molecule has 1 rings (SSSR count). The van der Waals surface area contributed by atoms with E-state index in [-0.39, 0.29) is 0 Å². The maximum Gasteiger partial charge on any atom is 0.118 e. The second kappa shape index (κ2) is 9.01. The lowest BCUT2D eigenvalue weighted by Gasteiger charge is -2.10. The molecule has 0 aromatic heterocycles. The van der Waals surface area contributed by atoms with Crippen LogP contribution < -0.4 is 0 Å². The van der Waals surface area contributed by atoms with E-state index in [1.54, 1.807) is 0 Å². The third-order valence-corrected chi connectivity index (χ3v) is 4.17. The summed E-state index contributed by atoms with van der Waals surface area (Å²) in [6.07, 6.45) is 12.1. The second-order valence-corrected chi connectivity index (χ2v) is 5.72. The summed E-state index contributed by atoms with van der Waals surface area (Å²) in [5.41, 5.74) is 3.71. The third kappa shape index (κ3) is 5.67. The quantitative estimate of drug-likeness (QED) is 0.567. The van der Waals surface area contributed by atoms with Crippen LogP contribution in [0.1, 0.15) is 75.0 Å². The highest BCUT2D eigenvalue weighted by Crippen LogP contribution is 2.24. The van der Waals surface area contributed by atoms with Crippen molar-refractivity contribution >= 4 is 0 Å². The molecule has 0 unspecified atom stereocenters. The van der Waals surface area contributed by atoms with Gasteiger partial charge in [0.15, 0.2) is 0 Å². The molecule has 0 aliphatic heterocycles. The number of aromatic hydroxyl groups is 1. The zero-order valence-corrected chi connectivity index (χ0v) is 13.0. The van der Waals surface area contributed by atoms with Crippen molar-refractivity contribution in [1.29, 1.82) is 0 Å². The molecule has 1 N–H and O–H groups in total. The highest BCUT2D eigenvalue weighted by molar-refractivity contribution is 5.42. The number of rotatable bonds is 9. The number of phenols is 1. The highest BCUT2D eigenvalue weighted by atomic mass is 16.3. The van der Waals surface area contributed by atoms with Crippen molar-refractivity contribution < 1.29 is 5.11 Å². The van der Waals surface area contributed by atoms with Crippen LogP contribution in [-0.2, 0) is 6.42 Å². The lowest BCUT2D eigenvalue weighted by molar-refractivity contribution is 0.470. The minimum atomic E-state index is 0.428. The number of unbranched alkanes of at least 4 members (excludes halogenated alkanes) is 7. The Labute approximate surface area is 119 Å². The van der Waals surface area contributed by atoms with Crippen molar-refractivity contribution in [3.8, 4) is 5.75 Å². The summed E-state index contributed by atoms with van der Waals surface area (Å²) in [6, 6.07) is 3.92. The average Bonchev–Trinajstić information content (AvgIpc) is 2.41. The fraction of sp³-hybridized carbons (Fsp3) is 0.667. The van der Waals surface area contributed by atoms with Crippen LogP contribution in [0.15, 0.2) is 12.1 Å². The Morgan fingerprint density at radius 3 is 2.00 bits per heavy atom. The Bertz CT molecular complexity index is 368. The minimum Gasteiger partial charge on any atom is -0.508 e. The SMILES string of the molecule is CCCCCCCCCCc1ccc(O)c(C)c1C. The molecule has 0 radical (unpaired) electrons. The molecule has 0 spiro atoms. The first-order valence-electron chi connectivity index (χ1n) is 7.94. The third-order valence-electron chi connectivity index (χ3n) is 4.17.